The molecule has 2 fully saturated rings. The molecule has 0 saturated carbocycles. The number of likely N-dealkylation sites (tertiary alicyclic amines) is 2. The van der Waals surface area contributed by atoms with Crippen molar-refractivity contribution in [3.05, 3.63) is 0 Å². The fourth-order valence-corrected chi connectivity index (χ4v) is 2.71. The predicted octanol–water partition coefficient (Wildman–Crippen LogP) is 2.88. The maximum Gasteiger partial charge on any atom is 0.172 e. The molecule has 0 aromatic heterocycles. The Balaban J connectivity index is 0.000000492. The predicted molar refractivity (Wildman–Crippen MR) is 72.5 cm³/mol. The summed E-state index contributed by atoms with van der Waals surface area (Å²) in [7, 11) is 1.78. The van der Waals surface area contributed by atoms with E-state index in [-0.39, 0.29) is 31.7 Å². The van der Waals surface area contributed by atoms with Crippen LogP contribution in [-0.4, -0.2) is 59.9 Å². The molecule has 2 rings (SSSR count). The second-order valence-electron chi connectivity index (χ2n) is 6.84. The summed E-state index contributed by atoms with van der Waals surface area (Å²) in [5.41, 5.74) is -3.49. The molecule has 0 aromatic rings. The van der Waals surface area contributed by atoms with E-state index >= 15 is 0 Å². The molecule has 0 radical (unpaired) electrons. The number of halogens is 2. The fourth-order valence-electron chi connectivity index (χ4n) is 2.71. The van der Waals surface area contributed by atoms with E-state index in [2.05, 4.69) is 13.8 Å². The van der Waals surface area contributed by atoms with Crippen LogP contribution in [0.3, 0.4) is 0 Å². The molecule has 0 bridgehead atoms. The lowest BCUT2D eigenvalue weighted by Gasteiger charge is -2.33. The quantitative estimate of drug-likeness (QED) is 0.662. The highest BCUT2D eigenvalue weighted by Crippen LogP contribution is 2.45. The van der Waals surface area contributed by atoms with Crippen LogP contribution in [0.25, 0.3) is 0 Å². The second-order valence-corrected chi connectivity index (χ2v) is 6.84. The molecule has 2 aliphatic heterocycles. The van der Waals surface area contributed by atoms with E-state index in [4.69, 9.17) is 0 Å². The van der Waals surface area contributed by atoms with Crippen molar-refractivity contribution in [2.24, 2.45) is 0 Å². The molecule has 2 saturated heterocycles. The topological polar surface area (TPSA) is 6.48 Å². The molecule has 2 unspecified atom stereocenters. The van der Waals surface area contributed by atoms with Gasteiger partial charge in [0.2, 0.25) is 0 Å². The summed E-state index contributed by atoms with van der Waals surface area (Å²) in [6, 6.07) is 0. The molecular weight excluding hydrogens is 234 g/mol. The average Bonchev–Trinajstić information content (AvgIpc) is 2.49. The Morgan fingerprint density at radius 2 is 1.28 bits per heavy atom. The molecule has 0 aliphatic carbocycles. The third-order valence-corrected chi connectivity index (χ3v) is 3.68. The Morgan fingerprint density at radius 3 is 1.56 bits per heavy atom. The summed E-state index contributed by atoms with van der Waals surface area (Å²) in [5.74, 6) is 0. The molecule has 0 aromatic carbocycles. The van der Waals surface area contributed by atoms with Gasteiger partial charge in [-0.25, -0.2) is 8.78 Å². The van der Waals surface area contributed by atoms with Crippen molar-refractivity contribution in [2.75, 3.05) is 33.2 Å². The van der Waals surface area contributed by atoms with Crippen LogP contribution in [-0.2, 0) is 0 Å². The zero-order chi connectivity index (χ0) is 14.2. The first-order valence-corrected chi connectivity index (χ1v) is 6.89. The van der Waals surface area contributed by atoms with Crippen molar-refractivity contribution in [3.8, 4) is 0 Å². The van der Waals surface area contributed by atoms with Crippen LogP contribution in [0, 0.1) is 0 Å². The molecular formula is C14H28F2N2. The van der Waals surface area contributed by atoms with Gasteiger partial charge in [-0.05, 0) is 27.8 Å². The zero-order valence-electron chi connectivity index (χ0n) is 12.7. The SMILES string of the molecule is CCC.CN1CC2(F)CN(C(C)(C)C)CC2(F)C1. The Kier molecular flexibility index (Phi) is 4.44. The zero-order valence-corrected chi connectivity index (χ0v) is 12.7. The molecule has 2 atom stereocenters. The Bertz CT molecular complexity index is 270. The lowest BCUT2D eigenvalue weighted by atomic mass is 9.94. The van der Waals surface area contributed by atoms with Crippen LogP contribution in [0.15, 0.2) is 0 Å². The van der Waals surface area contributed by atoms with Crippen LogP contribution in [0.2, 0.25) is 0 Å². The van der Waals surface area contributed by atoms with Crippen molar-refractivity contribution >= 4 is 0 Å². The van der Waals surface area contributed by atoms with Gasteiger partial charge in [0, 0.05) is 31.7 Å². The lowest BCUT2D eigenvalue weighted by molar-refractivity contribution is 0.0491. The van der Waals surface area contributed by atoms with Crippen molar-refractivity contribution in [2.45, 2.75) is 57.9 Å². The van der Waals surface area contributed by atoms with Gasteiger partial charge in [-0.2, -0.15) is 0 Å². The number of hydrogen-bond donors (Lipinski definition) is 0. The smallest absolute Gasteiger partial charge is 0.172 e. The van der Waals surface area contributed by atoms with E-state index in [0.717, 1.165) is 0 Å². The van der Waals surface area contributed by atoms with Crippen LogP contribution < -0.4 is 0 Å². The maximum atomic E-state index is 14.5. The molecule has 0 N–H and O–H groups in total. The lowest BCUT2D eigenvalue weighted by Crippen LogP contribution is -2.44. The van der Waals surface area contributed by atoms with Gasteiger partial charge in [0.1, 0.15) is 0 Å². The highest BCUT2D eigenvalue weighted by molar-refractivity contribution is 5.17. The van der Waals surface area contributed by atoms with E-state index in [1.165, 1.54) is 6.42 Å². The molecule has 2 nitrogen and oxygen atoms in total. The van der Waals surface area contributed by atoms with Gasteiger partial charge >= 0.3 is 0 Å². The first-order chi connectivity index (χ1) is 8.08. The van der Waals surface area contributed by atoms with Gasteiger partial charge in [-0.3, -0.25) is 9.80 Å². The molecule has 4 heteroatoms. The number of hydrogen-bond acceptors (Lipinski definition) is 2. The minimum atomic E-state index is -1.67. The summed E-state index contributed by atoms with van der Waals surface area (Å²) in [6.45, 7) is 11.1. The first kappa shape index (κ1) is 15.8. The van der Waals surface area contributed by atoms with Crippen molar-refractivity contribution in [3.63, 3.8) is 0 Å². The van der Waals surface area contributed by atoms with Crippen molar-refractivity contribution in [1.82, 2.24) is 9.80 Å². The van der Waals surface area contributed by atoms with Gasteiger partial charge in [0.05, 0.1) is 0 Å². The standard InChI is InChI=1S/C11H20F2N2.C3H8/c1-9(2,3)15-7-10(12)5-14(4)6-11(10,13)8-15;1-3-2/h5-8H2,1-4H3;3H2,1-2H3. The maximum absolute atomic E-state index is 14.5. The highest BCUT2D eigenvalue weighted by Gasteiger charge is 2.65. The van der Waals surface area contributed by atoms with Crippen molar-refractivity contribution in [1.29, 1.82) is 0 Å². The van der Waals surface area contributed by atoms with E-state index in [0.29, 0.717) is 0 Å². The van der Waals surface area contributed by atoms with E-state index < -0.39 is 11.3 Å². The number of rotatable bonds is 0. The summed E-state index contributed by atoms with van der Waals surface area (Å²) >= 11 is 0. The number of alkyl halides is 2. The van der Waals surface area contributed by atoms with E-state index in [9.17, 15) is 8.78 Å². The van der Waals surface area contributed by atoms with E-state index in [1.54, 1.807) is 11.9 Å². The Morgan fingerprint density at radius 1 is 0.944 bits per heavy atom. The molecule has 2 aliphatic rings. The fraction of sp³-hybridized carbons (Fsp3) is 1.00. The van der Waals surface area contributed by atoms with Crippen LogP contribution in [0.4, 0.5) is 8.78 Å². The minimum absolute atomic E-state index is 0.152. The number of fused-ring (bicyclic) bond motifs is 1. The van der Waals surface area contributed by atoms with Gasteiger partial charge in [-0.15, -0.1) is 0 Å². The minimum Gasteiger partial charge on any atom is -0.300 e. The second kappa shape index (κ2) is 5.04. The van der Waals surface area contributed by atoms with Gasteiger partial charge < -0.3 is 0 Å². The summed E-state index contributed by atoms with van der Waals surface area (Å²) in [5, 5.41) is 0. The third kappa shape index (κ3) is 2.85. The Labute approximate surface area is 110 Å². The highest BCUT2D eigenvalue weighted by atomic mass is 19.2. The van der Waals surface area contributed by atoms with Crippen LogP contribution >= 0.6 is 0 Å². The summed E-state index contributed by atoms with van der Waals surface area (Å²) in [6.07, 6.45) is 1.25. The first-order valence-electron chi connectivity index (χ1n) is 6.89. The molecule has 0 spiro atoms. The number of nitrogens with zero attached hydrogens (tertiary/aromatic N) is 2. The summed E-state index contributed by atoms with van der Waals surface area (Å²) in [4.78, 5) is 3.67. The molecule has 18 heavy (non-hydrogen) atoms. The Hall–Kier alpha value is -0.220. The van der Waals surface area contributed by atoms with Crippen LogP contribution in [0.5, 0.6) is 0 Å². The largest absolute Gasteiger partial charge is 0.300 e. The normalized spacial score (nSPS) is 37.3. The molecule has 0 amide bonds. The molecule has 2 heterocycles. The van der Waals surface area contributed by atoms with Gasteiger partial charge in [0.25, 0.3) is 0 Å². The molecule has 108 valence electrons. The third-order valence-electron chi connectivity index (χ3n) is 3.68. The van der Waals surface area contributed by atoms with Gasteiger partial charge in [0.15, 0.2) is 11.3 Å². The average molecular weight is 262 g/mol. The van der Waals surface area contributed by atoms with Gasteiger partial charge in [-0.1, -0.05) is 20.3 Å². The summed E-state index contributed by atoms with van der Waals surface area (Å²) < 4.78 is 28.9. The van der Waals surface area contributed by atoms with E-state index in [1.807, 2.05) is 25.7 Å². The van der Waals surface area contributed by atoms with Crippen LogP contribution in [0.1, 0.15) is 41.0 Å². The van der Waals surface area contributed by atoms with Crippen molar-refractivity contribution < 1.29 is 8.78 Å². The monoisotopic (exact) mass is 262 g/mol.